The average molecular weight is 268 g/mol. The third-order valence-corrected chi connectivity index (χ3v) is 2.65. The van der Waals surface area contributed by atoms with Crippen LogP contribution in [0.25, 0.3) is 0 Å². The first-order chi connectivity index (χ1) is 6.97. The van der Waals surface area contributed by atoms with Crippen molar-refractivity contribution < 1.29 is 9.53 Å². The van der Waals surface area contributed by atoms with Gasteiger partial charge in [0.25, 0.3) is 0 Å². The van der Waals surface area contributed by atoms with E-state index >= 15 is 0 Å². The van der Waals surface area contributed by atoms with E-state index in [0.717, 1.165) is 5.56 Å². The number of halogens is 3. The molecule has 0 radical (unpaired) electrons. The van der Waals surface area contributed by atoms with E-state index in [-0.39, 0.29) is 5.78 Å². The van der Waals surface area contributed by atoms with E-state index in [4.69, 9.17) is 39.5 Å². The second kappa shape index (κ2) is 5.06. The maximum Gasteiger partial charge on any atom is 0.195 e. The Morgan fingerprint density at radius 1 is 1.40 bits per heavy atom. The molecule has 0 heterocycles. The van der Waals surface area contributed by atoms with Gasteiger partial charge in [-0.25, -0.2) is 0 Å². The third kappa shape index (κ3) is 2.77. The summed E-state index contributed by atoms with van der Waals surface area (Å²) in [4.78, 5) is 10.5. The minimum Gasteiger partial charge on any atom is -0.495 e. The number of aryl methyl sites for hydroxylation is 1. The van der Waals surface area contributed by atoms with Gasteiger partial charge >= 0.3 is 0 Å². The van der Waals surface area contributed by atoms with Crippen LogP contribution in [0, 0.1) is 6.92 Å². The van der Waals surface area contributed by atoms with Crippen LogP contribution in [-0.4, -0.2) is 17.7 Å². The molecule has 5 heteroatoms. The van der Waals surface area contributed by atoms with Crippen LogP contribution in [0.3, 0.4) is 0 Å². The molecule has 15 heavy (non-hydrogen) atoms. The van der Waals surface area contributed by atoms with Crippen molar-refractivity contribution in [3.05, 3.63) is 28.3 Å². The van der Waals surface area contributed by atoms with Crippen molar-refractivity contribution in [3.63, 3.8) is 0 Å². The number of ketones is 1. The lowest BCUT2D eigenvalue weighted by atomic mass is 10.1. The Morgan fingerprint density at radius 3 is 2.47 bits per heavy atom. The molecule has 1 aromatic carbocycles. The van der Waals surface area contributed by atoms with Crippen LogP contribution in [0.5, 0.6) is 5.75 Å². The molecule has 0 fully saturated rings. The Hall–Kier alpha value is -0.440. The number of hydrogen-bond acceptors (Lipinski definition) is 2. The number of alkyl halides is 2. The fourth-order valence-electron chi connectivity index (χ4n) is 1.19. The molecule has 0 amide bonds. The molecule has 0 aromatic heterocycles. The van der Waals surface area contributed by atoms with Crippen LogP contribution >= 0.6 is 34.8 Å². The predicted molar refractivity (Wildman–Crippen MR) is 62.6 cm³/mol. The van der Waals surface area contributed by atoms with Crippen molar-refractivity contribution in [2.24, 2.45) is 0 Å². The number of hydrogen-bond donors (Lipinski definition) is 0. The van der Waals surface area contributed by atoms with Gasteiger partial charge in [-0.1, -0.05) is 34.8 Å². The molecular weight excluding hydrogens is 258 g/mol. The van der Waals surface area contributed by atoms with Gasteiger partial charge in [0.15, 0.2) is 10.6 Å². The molecule has 0 aliphatic rings. The second-order valence-corrected chi connectivity index (χ2v) is 4.47. The van der Waals surface area contributed by atoms with Crippen molar-refractivity contribution >= 4 is 40.6 Å². The number of methoxy groups -OCH3 is 1. The molecular formula is C10H9Cl3O2. The van der Waals surface area contributed by atoms with E-state index in [2.05, 4.69) is 0 Å². The number of ether oxygens (including phenoxy) is 1. The smallest absolute Gasteiger partial charge is 0.195 e. The topological polar surface area (TPSA) is 26.3 Å². The Morgan fingerprint density at radius 2 is 2.00 bits per heavy atom. The van der Waals surface area contributed by atoms with Gasteiger partial charge < -0.3 is 4.74 Å². The summed E-state index contributed by atoms with van der Waals surface area (Å²) in [6, 6.07) is 3.18. The zero-order valence-corrected chi connectivity index (χ0v) is 10.5. The SMILES string of the molecule is COc1cc(C)c(C(=O)C(Cl)Cl)cc1Cl. The summed E-state index contributed by atoms with van der Waals surface area (Å²) in [6.45, 7) is 1.77. The van der Waals surface area contributed by atoms with E-state index in [9.17, 15) is 4.79 Å². The van der Waals surface area contributed by atoms with Gasteiger partial charge in [-0.15, -0.1) is 0 Å². The number of rotatable bonds is 3. The molecule has 82 valence electrons. The van der Waals surface area contributed by atoms with E-state index in [1.807, 2.05) is 0 Å². The average Bonchev–Trinajstić information content (AvgIpc) is 2.19. The van der Waals surface area contributed by atoms with Crippen LogP contribution in [0.1, 0.15) is 15.9 Å². The Kier molecular flexibility index (Phi) is 4.26. The Labute approximate surface area is 103 Å². The lowest BCUT2D eigenvalue weighted by molar-refractivity contribution is 0.101. The van der Waals surface area contributed by atoms with Gasteiger partial charge in [-0.2, -0.15) is 0 Å². The highest BCUT2D eigenvalue weighted by atomic mass is 35.5. The van der Waals surface area contributed by atoms with Gasteiger partial charge in [0.2, 0.25) is 0 Å². The van der Waals surface area contributed by atoms with E-state index in [0.29, 0.717) is 16.3 Å². The van der Waals surface area contributed by atoms with Gasteiger partial charge in [0, 0.05) is 5.56 Å². The number of carbonyl (C=O) groups is 1. The fourth-order valence-corrected chi connectivity index (χ4v) is 1.67. The van der Waals surface area contributed by atoms with Crippen molar-refractivity contribution in [3.8, 4) is 5.75 Å². The Balaban J connectivity index is 3.22. The molecule has 0 bridgehead atoms. The predicted octanol–water partition coefficient (Wildman–Crippen LogP) is 3.64. The highest BCUT2D eigenvalue weighted by Gasteiger charge is 2.18. The Bertz CT molecular complexity index is 388. The molecule has 0 aliphatic carbocycles. The van der Waals surface area contributed by atoms with Crippen LogP contribution in [0.15, 0.2) is 12.1 Å². The minimum absolute atomic E-state index is 0.361. The number of Topliss-reactive ketones (excluding diaryl/α,β-unsaturated/α-hetero) is 1. The van der Waals surface area contributed by atoms with Crippen molar-refractivity contribution in [1.29, 1.82) is 0 Å². The van der Waals surface area contributed by atoms with E-state index in [1.165, 1.54) is 13.2 Å². The monoisotopic (exact) mass is 266 g/mol. The molecule has 0 saturated heterocycles. The standard InChI is InChI=1S/C10H9Cl3O2/c1-5-3-8(15-2)7(11)4-6(5)9(14)10(12)13/h3-4,10H,1-2H3. The third-order valence-electron chi connectivity index (χ3n) is 1.96. The molecule has 1 rings (SSSR count). The van der Waals surface area contributed by atoms with Gasteiger partial charge in [0.1, 0.15) is 5.75 Å². The van der Waals surface area contributed by atoms with Crippen LogP contribution in [0.2, 0.25) is 5.02 Å². The molecule has 0 atom stereocenters. The van der Waals surface area contributed by atoms with Crippen LogP contribution < -0.4 is 4.74 Å². The molecule has 0 spiro atoms. The van der Waals surface area contributed by atoms with E-state index in [1.54, 1.807) is 13.0 Å². The summed E-state index contributed by atoms with van der Waals surface area (Å²) in [5, 5.41) is 0.362. The lowest BCUT2D eigenvalue weighted by Gasteiger charge is -2.09. The highest BCUT2D eigenvalue weighted by molar-refractivity contribution is 6.55. The largest absolute Gasteiger partial charge is 0.495 e. The van der Waals surface area contributed by atoms with Crippen LogP contribution in [-0.2, 0) is 0 Å². The number of carbonyl (C=O) groups excluding carboxylic acids is 1. The van der Waals surface area contributed by atoms with Crippen LogP contribution in [0.4, 0.5) is 0 Å². The first-order valence-electron chi connectivity index (χ1n) is 4.14. The first-order valence-corrected chi connectivity index (χ1v) is 5.39. The normalized spacial score (nSPS) is 10.5. The summed E-state index contributed by atoms with van der Waals surface area (Å²) in [5.41, 5.74) is 1.14. The maximum atomic E-state index is 11.6. The molecule has 0 aliphatic heterocycles. The van der Waals surface area contributed by atoms with E-state index < -0.39 is 4.84 Å². The second-order valence-electron chi connectivity index (χ2n) is 2.97. The van der Waals surface area contributed by atoms with Gasteiger partial charge in [-0.05, 0) is 24.6 Å². The maximum absolute atomic E-state index is 11.6. The summed E-state index contributed by atoms with van der Waals surface area (Å²) in [6.07, 6.45) is 0. The summed E-state index contributed by atoms with van der Waals surface area (Å²) in [7, 11) is 1.51. The lowest BCUT2D eigenvalue weighted by Crippen LogP contribution is -2.10. The molecule has 0 unspecified atom stereocenters. The highest BCUT2D eigenvalue weighted by Crippen LogP contribution is 2.29. The quantitative estimate of drug-likeness (QED) is 0.617. The number of benzene rings is 1. The summed E-state index contributed by atoms with van der Waals surface area (Å²) in [5.74, 6) is 0.159. The summed E-state index contributed by atoms with van der Waals surface area (Å²) < 4.78 is 5.01. The van der Waals surface area contributed by atoms with Crippen molar-refractivity contribution in [2.45, 2.75) is 11.8 Å². The van der Waals surface area contributed by atoms with Gasteiger partial charge in [0.05, 0.1) is 12.1 Å². The minimum atomic E-state index is -1.08. The zero-order chi connectivity index (χ0) is 11.6. The molecule has 1 aromatic rings. The zero-order valence-electron chi connectivity index (χ0n) is 8.18. The fraction of sp³-hybridized carbons (Fsp3) is 0.300. The molecule has 0 N–H and O–H groups in total. The first kappa shape index (κ1) is 12.6. The van der Waals surface area contributed by atoms with Gasteiger partial charge in [-0.3, -0.25) is 4.79 Å². The van der Waals surface area contributed by atoms with Crippen molar-refractivity contribution in [1.82, 2.24) is 0 Å². The van der Waals surface area contributed by atoms with Crippen molar-refractivity contribution in [2.75, 3.05) is 7.11 Å². The molecule has 0 saturated carbocycles. The summed E-state index contributed by atoms with van der Waals surface area (Å²) >= 11 is 16.9. The molecule has 2 nitrogen and oxygen atoms in total.